The number of benzene rings is 1. The van der Waals surface area contributed by atoms with Crippen LogP contribution in [0.2, 0.25) is 0 Å². The van der Waals surface area contributed by atoms with Gasteiger partial charge in [-0.25, -0.2) is 4.39 Å². The number of nitrogens with zero attached hydrogens (tertiary/aromatic N) is 4. The van der Waals surface area contributed by atoms with E-state index in [0.29, 0.717) is 0 Å². The summed E-state index contributed by atoms with van der Waals surface area (Å²) in [6.45, 7) is 1.44. The Hall–Kier alpha value is -2.41. The minimum atomic E-state index is -0.209. The molecule has 1 aromatic carbocycles. The molecular weight excluding hydrogens is 319 g/mol. The molecule has 0 aliphatic heterocycles. The molecule has 7 heteroatoms. The lowest BCUT2D eigenvalue weighted by atomic mass is 10.1. The maximum absolute atomic E-state index is 12.9. The smallest absolute Gasteiger partial charge is 0.191 e. The Bertz CT molecular complexity index is 677. The van der Waals surface area contributed by atoms with Gasteiger partial charge in [0.25, 0.3) is 0 Å². The van der Waals surface area contributed by atoms with Gasteiger partial charge in [0.15, 0.2) is 5.96 Å². The molecule has 1 aromatic heterocycles. The third-order valence-corrected chi connectivity index (χ3v) is 4.04. The molecule has 0 radical (unpaired) electrons. The number of likely N-dealkylation sites (N-methyl/N-ethyl adjacent to an activating group) is 1. The maximum Gasteiger partial charge on any atom is 0.191 e. The molecule has 0 fully saturated rings. The molecule has 2 rings (SSSR count). The van der Waals surface area contributed by atoms with E-state index in [1.807, 2.05) is 38.2 Å². The van der Waals surface area contributed by atoms with Crippen LogP contribution in [0, 0.1) is 5.82 Å². The quantitative estimate of drug-likeness (QED) is 0.590. The van der Waals surface area contributed by atoms with Crippen LogP contribution in [0.4, 0.5) is 4.39 Å². The van der Waals surface area contributed by atoms with Crippen LogP contribution in [-0.4, -0.2) is 54.9 Å². The van der Waals surface area contributed by atoms with Crippen LogP contribution in [-0.2, 0) is 13.5 Å². The Morgan fingerprint density at radius 3 is 2.56 bits per heavy atom. The third-order valence-electron chi connectivity index (χ3n) is 4.04. The highest BCUT2D eigenvalue weighted by atomic mass is 19.1. The molecular formula is C18H27FN6. The first-order chi connectivity index (χ1) is 12.0. The number of hydrogen-bond donors (Lipinski definition) is 2. The summed E-state index contributed by atoms with van der Waals surface area (Å²) in [6.07, 6.45) is 4.72. The summed E-state index contributed by atoms with van der Waals surface area (Å²) in [5, 5.41) is 10.9. The van der Waals surface area contributed by atoms with Crippen molar-refractivity contribution in [1.29, 1.82) is 0 Å². The van der Waals surface area contributed by atoms with Crippen molar-refractivity contribution in [2.75, 3.05) is 34.2 Å². The van der Waals surface area contributed by atoms with E-state index in [-0.39, 0.29) is 11.9 Å². The minimum absolute atomic E-state index is 0.198. The van der Waals surface area contributed by atoms with Crippen molar-refractivity contribution in [2.24, 2.45) is 12.0 Å². The van der Waals surface area contributed by atoms with Gasteiger partial charge in [-0.3, -0.25) is 9.67 Å². The maximum atomic E-state index is 12.9. The van der Waals surface area contributed by atoms with Crippen LogP contribution in [0.1, 0.15) is 17.2 Å². The molecule has 0 aliphatic rings. The van der Waals surface area contributed by atoms with Gasteiger partial charge in [0, 0.05) is 38.9 Å². The van der Waals surface area contributed by atoms with Crippen molar-refractivity contribution >= 4 is 5.96 Å². The molecule has 1 unspecified atom stereocenters. The average molecular weight is 346 g/mol. The molecule has 0 aliphatic carbocycles. The standard InChI is InChI=1S/C18H27FN6/c1-20-18(21-10-9-14-5-7-16(19)8-6-14)22-12-17(24(2)3)15-11-23-25(4)13-15/h5-8,11,13,17H,9-10,12H2,1-4H3,(H2,20,21,22). The fourth-order valence-electron chi connectivity index (χ4n) is 2.60. The van der Waals surface area contributed by atoms with E-state index in [1.165, 1.54) is 12.1 Å². The molecule has 0 amide bonds. The monoisotopic (exact) mass is 346 g/mol. The second-order valence-corrected chi connectivity index (χ2v) is 6.18. The Morgan fingerprint density at radius 2 is 2.00 bits per heavy atom. The minimum Gasteiger partial charge on any atom is -0.356 e. The lowest BCUT2D eigenvalue weighted by Crippen LogP contribution is -2.42. The number of aromatic nitrogens is 2. The highest BCUT2D eigenvalue weighted by Crippen LogP contribution is 2.15. The topological polar surface area (TPSA) is 57.5 Å². The third kappa shape index (κ3) is 5.86. The Labute approximate surface area is 148 Å². The lowest BCUT2D eigenvalue weighted by molar-refractivity contribution is 0.298. The molecule has 0 saturated heterocycles. The number of aryl methyl sites for hydroxylation is 1. The molecule has 25 heavy (non-hydrogen) atoms. The lowest BCUT2D eigenvalue weighted by Gasteiger charge is -2.24. The fraction of sp³-hybridized carbons (Fsp3) is 0.444. The number of aliphatic imine (C=N–C) groups is 1. The van der Waals surface area contributed by atoms with Crippen molar-refractivity contribution in [1.82, 2.24) is 25.3 Å². The Kier molecular flexibility index (Phi) is 6.94. The molecule has 0 saturated carbocycles. The van der Waals surface area contributed by atoms with Gasteiger partial charge >= 0.3 is 0 Å². The number of guanidine groups is 1. The van der Waals surface area contributed by atoms with Gasteiger partial charge in [-0.2, -0.15) is 5.10 Å². The van der Waals surface area contributed by atoms with Crippen LogP contribution < -0.4 is 10.6 Å². The summed E-state index contributed by atoms with van der Waals surface area (Å²) in [5.41, 5.74) is 2.24. The highest BCUT2D eigenvalue weighted by molar-refractivity contribution is 5.79. The zero-order valence-electron chi connectivity index (χ0n) is 15.3. The molecule has 0 bridgehead atoms. The van der Waals surface area contributed by atoms with Crippen molar-refractivity contribution in [3.63, 3.8) is 0 Å². The summed E-state index contributed by atoms with van der Waals surface area (Å²) in [5.74, 6) is 0.539. The van der Waals surface area contributed by atoms with Gasteiger partial charge in [0.05, 0.1) is 12.2 Å². The van der Waals surface area contributed by atoms with E-state index in [4.69, 9.17) is 0 Å². The summed E-state index contributed by atoms with van der Waals surface area (Å²) in [6, 6.07) is 6.77. The van der Waals surface area contributed by atoms with Gasteiger partial charge in [-0.05, 0) is 38.2 Å². The van der Waals surface area contributed by atoms with Gasteiger partial charge in [0.1, 0.15) is 5.82 Å². The summed E-state index contributed by atoms with van der Waals surface area (Å²) < 4.78 is 14.7. The van der Waals surface area contributed by atoms with E-state index in [2.05, 4.69) is 25.6 Å². The second-order valence-electron chi connectivity index (χ2n) is 6.18. The number of nitrogens with one attached hydrogen (secondary N) is 2. The van der Waals surface area contributed by atoms with Crippen LogP contribution in [0.25, 0.3) is 0 Å². The van der Waals surface area contributed by atoms with Gasteiger partial charge in [0.2, 0.25) is 0 Å². The first kappa shape index (κ1) is 18.9. The zero-order valence-corrected chi connectivity index (χ0v) is 15.3. The first-order valence-corrected chi connectivity index (χ1v) is 8.33. The van der Waals surface area contributed by atoms with Crippen LogP contribution in [0.15, 0.2) is 41.7 Å². The molecule has 0 spiro atoms. The number of hydrogen-bond acceptors (Lipinski definition) is 3. The molecule has 1 heterocycles. The van der Waals surface area contributed by atoms with E-state index < -0.39 is 0 Å². The molecule has 2 N–H and O–H groups in total. The van der Waals surface area contributed by atoms with Gasteiger partial charge < -0.3 is 15.5 Å². The van der Waals surface area contributed by atoms with Crippen molar-refractivity contribution in [2.45, 2.75) is 12.5 Å². The van der Waals surface area contributed by atoms with Crippen LogP contribution in [0.3, 0.4) is 0 Å². The summed E-state index contributed by atoms with van der Waals surface area (Å²) in [4.78, 5) is 6.41. The Morgan fingerprint density at radius 1 is 1.28 bits per heavy atom. The summed E-state index contributed by atoms with van der Waals surface area (Å²) >= 11 is 0. The van der Waals surface area contributed by atoms with E-state index >= 15 is 0 Å². The van der Waals surface area contributed by atoms with Crippen molar-refractivity contribution < 1.29 is 4.39 Å². The molecule has 136 valence electrons. The normalized spacial score (nSPS) is 13.1. The number of rotatable bonds is 7. The summed E-state index contributed by atoms with van der Waals surface area (Å²) in [7, 11) is 7.76. The highest BCUT2D eigenvalue weighted by Gasteiger charge is 2.16. The van der Waals surface area contributed by atoms with E-state index in [0.717, 1.165) is 36.6 Å². The van der Waals surface area contributed by atoms with E-state index in [9.17, 15) is 4.39 Å². The van der Waals surface area contributed by atoms with Crippen LogP contribution >= 0.6 is 0 Å². The second kappa shape index (κ2) is 9.17. The average Bonchev–Trinajstić information content (AvgIpc) is 3.01. The van der Waals surface area contributed by atoms with Crippen LogP contribution in [0.5, 0.6) is 0 Å². The van der Waals surface area contributed by atoms with E-state index in [1.54, 1.807) is 19.2 Å². The largest absolute Gasteiger partial charge is 0.356 e. The Balaban J connectivity index is 1.83. The SMILES string of the molecule is CN=C(NCCc1ccc(F)cc1)NCC(c1cnn(C)c1)N(C)C. The molecule has 2 aromatic rings. The van der Waals surface area contributed by atoms with Gasteiger partial charge in [-0.1, -0.05) is 12.1 Å². The van der Waals surface area contributed by atoms with Gasteiger partial charge in [-0.15, -0.1) is 0 Å². The molecule has 1 atom stereocenters. The van der Waals surface area contributed by atoms with Crippen molar-refractivity contribution in [3.05, 3.63) is 53.6 Å². The first-order valence-electron chi connectivity index (χ1n) is 8.33. The van der Waals surface area contributed by atoms with Crippen molar-refractivity contribution in [3.8, 4) is 0 Å². The predicted molar refractivity (Wildman–Crippen MR) is 99.1 cm³/mol. The molecule has 6 nitrogen and oxygen atoms in total. The predicted octanol–water partition coefficient (Wildman–Crippen LogP) is 1.57. The zero-order chi connectivity index (χ0) is 18.2. The fourth-order valence-corrected chi connectivity index (χ4v) is 2.60. The number of halogens is 1.